The van der Waals surface area contributed by atoms with Gasteiger partial charge in [0.25, 0.3) is 5.91 Å². The summed E-state index contributed by atoms with van der Waals surface area (Å²) in [5, 5.41) is 3.26. The molecule has 21 heavy (non-hydrogen) atoms. The average Bonchev–Trinajstić information content (AvgIpc) is 2.44. The van der Waals surface area contributed by atoms with Gasteiger partial charge in [0.15, 0.2) is 0 Å². The largest absolute Gasteiger partial charge is 0.338 e. The molecule has 1 aromatic rings. The molecule has 2 rings (SSSR count). The predicted molar refractivity (Wildman–Crippen MR) is 81.2 cm³/mol. The molecule has 116 valence electrons. The number of benzene rings is 1. The molecule has 1 aromatic carbocycles. The van der Waals surface area contributed by atoms with Crippen LogP contribution in [0, 0.1) is 17.6 Å². The van der Waals surface area contributed by atoms with E-state index < -0.39 is 23.1 Å². The van der Waals surface area contributed by atoms with Crippen LogP contribution in [0.3, 0.4) is 0 Å². The molecule has 0 radical (unpaired) electrons. The lowest BCUT2D eigenvalue weighted by atomic mass is 9.97. The molecule has 0 saturated carbocycles. The average molecular weight is 361 g/mol. The number of carbonyl (C=O) groups is 1. The summed E-state index contributed by atoms with van der Waals surface area (Å²) in [7, 11) is 0. The van der Waals surface area contributed by atoms with Gasteiger partial charge in [0.2, 0.25) is 0 Å². The Morgan fingerprint density at radius 3 is 2.43 bits per heavy atom. The van der Waals surface area contributed by atoms with Crippen LogP contribution in [0.25, 0.3) is 0 Å². The summed E-state index contributed by atoms with van der Waals surface area (Å²) in [6, 6.07) is 2.24. The Bertz CT molecular complexity index is 495. The maximum absolute atomic E-state index is 13.9. The van der Waals surface area contributed by atoms with Gasteiger partial charge in [-0.3, -0.25) is 4.79 Å². The van der Waals surface area contributed by atoms with Gasteiger partial charge in [0.1, 0.15) is 17.2 Å². The molecule has 0 atom stereocenters. The second kappa shape index (κ2) is 7.31. The number of hydrogen-bond donors (Lipinski definition) is 1. The lowest BCUT2D eigenvalue weighted by Gasteiger charge is -2.29. The molecule has 1 aliphatic heterocycles. The molecular formula is C15H19BrF2N2O. The molecule has 6 heteroatoms. The van der Waals surface area contributed by atoms with Crippen molar-refractivity contribution in [2.24, 2.45) is 5.92 Å². The van der Waals surface area contributed by atoms with Crippen molar-refractivity contribution in [2.75, 3.05) is 26.2 Å². The molecule has 0 aliphatic carbocycles. The smallest absolute Gasteiger partial charge is 0.259 e. The van der Waals surface area contributed by atoms with Crippen molar-refractivity contribution in [1.82, 2.24) is 10.2 Å². The van der Waals surface area contributed by atoms with E-state index in [0.29, 0.717) is 19.0 Å². The second-order valence-corrected chi connectivity index (χ2v) is 6.20. The van der Waals surface area contributed by atoms with E-state index in [-0.39, 0.29) is 4.47 Å². The second-order valence-electron chi connectivity index (χ2n) is 5.28. The number of nitrogens with one attached hydrogen (secondary N) is 1. The Kier molecular flexibility index (Phi) is 5.70. The van der Waals surface area contributed by atoms with Crippen molar-refractivity contribution in [3.8, 4) is 0 Å². The van der Waals surface area contributed by atoms with Gasteiger partial charge < -0.3 is 10.2 Å². The zero-order valence-corrected chi connectivity index (χ0v) is 13.6. The Balaban J connectivity index is 2.16. The zero-order valence-electron chi connectivity index (χ0n) is 12.0. The molecule has 0 aromatic heterocycles. The van der Waals surface area contributed by atoms with Crippen LogP contribution in [0.1, 0.15) is 30.1 Å². The fraction of sp³-hybridized carbons (Fsp3) is 0.533. The van der Waals surface area contributed by atoms with Crippen molar-refractivity contribution < 1.29 is 13.6 Å². The minimum absolute atomic E-state index is 0.287. The van der Waals surface area contributed by atoms with Gasteiger partial charge in [-0.15, -0.1) is 0 Å². The quantitative estimate of drug-likeness (QED) is 0.894. The molecule has 0 spiro atoms. The number of nitrogens with zero attached hydrogens (tertiary/aromatic N) is 1. The molecular weight excluding hydrogens is 342 g/mol. The van der Waals surface area contributed by atoms with Crippen molar-refractivity contribution >= 4 is 21.8 Å². The van der Waals surface area contributed by atoms with Gasteiger partial charge in [0, 0.05) is 17.6 Å². The van der Waals surface area contributed by atoms with Crippen molar-refractivity contribution in [3.05, 3.63) is 33.8 Å². The van der Waals surface area contributed by atoms with E-state index in [4.69, 9.17) is 0 Å². The van der Waals surface area contributed by atoms with Crippen molar-refractivity contribution in [2.45, 2.75) is 19.8 Å². The fourth-order valence-corrected chi connectivity index (χ4v) is 3.04. The monoisotopic (exact) mass is 360 g/mol. The third kappa shape index (κ3) is 4.01. The van der Waals surface area contributed by atoms with Crippen molar-refractivity contribution in [3.63, 3.8) is 0 Å². The molecule has 0 unspecified atom stereocenters. The van der Waals surface area contributed by atoms with Gasteiger partial charge in [-0.2, -0.15) is 0 Å². The molecule has 1 aliphatic rings. The molecule has 1 amide bonds. The van der Waals surface area contributed by atoms with Crippen LogP contribution < -0.4 is 5.32 Å². The predicted octanol–water partition coefficient (Wildman–Crippen LogP) is 3.19. The van der Waals surface area contributed by atoms with Crippen molar-refractivity contribution in [1.29, 1.82) is 0 Å². The summed E-state index contributed by atoms with van der Waals surface area (Å²) < 4.78 is 28.1. The minimum atomic E-state index is -0.823. The molecule has 0 bridgehead atoms. The number of carbonyl (C=O) groups excluding carboxylic acids is 1. The standard InChI is InChI=1S/C15H19BrF2N2O/c1-2-20(9-10-3-5-19-6-4-10)15(21)14-12(17)7-11(16)8-13(14)18/h7-8,10,19H,2-6,9H2,1H3. The lowest BCUT2D eigenvalue weighted by molar-refractivity contribution is 0.0717. The van der Waals surface area contributed by atoms with Gasteiger partial charge in [-0.1, -0.05) is 15.9 Å². The first-order valence-electron chi connectivity index (χ1n) is 7.17. The van der Waals surface area contributed by atoms with E-state index in [9.17, 15) is 13.6 Å². The van der Waals surface area contributed by atoms with E-state index in [0.717, 1.165) is 38.1 Å². The van der Waals surface area contributed by atoms with Crippen LogP contribution in [0.4, 0.5) is 8.78 Å². The summed E-state index contributed by atoms with van der Waals surface area (Å²) in [5.74, 6) is -1.83. The number of amides is 1. The number of rotatable bonds is 4. The van der Waals surface area contributed by atoms with Crippen LogP contribution in [0.2, 0.25) is 0 Å². The Morgan fingerprint density at radius 1 is 1.33 bits per heavy atom. The summed E-state index contributed by atoms with van der Waals surface area (Å²) >= 11 is 3.02. The Morgan fingerprint density at radius 2 is 1.90 bits per heavy atom. The van der Waals surface area contributed by atoms with E-state index in [2.05, 4.69) is 21.2 Å². The van der Waals surface area contributed by atoms with Crippen LogP contribution in [-0.4, -0.2) is 37.0 Å². The highest BCUT2D eigenvalue weighted by Gasteiger charge is 2.25. The normalized spacial score (nSPS) is 16.0. The van der Waals surface area contributed by atoms with E-state index >= 15 is 0 Å². The van der Waals surface area contributed by atoms with Crippen LogP contribution in [0.5, 0.6) is 0 Å². The topological polar surface area (TPSA) is 32.3 Å². The SMILES string of the molecule is CCN(CC1CCNCC1)C(=O)c1c(F)cc(Br)cc1F. The molecule has 1 heterocycles. The van der Waals surface area contributed by atoms with Gasteiger partial charge in [-0.05, 0) is 50.9 Å². The first-order chi connectivity index (χ1) is 10.0. The number of hydrogen-bond acceptors (Lipinski definition) is 2. The third-order valence-corrected chi connectivity index (χ3v) is 4.28. The Labute approximate surface area is 131 Å². The zero-order chi connectivity index (χ0) is 15.4. The molecule has 1 saturated heterocycles. The maximum atomic E-state index is 13.9. The minimum Gasteiger partial charge on any atom is -0.338 e. The fourth-order valence-electron chi connectivity index (χ4n) is 2.64. The number of halogens is 3. The molecule has 3 nitrogen and oxygen atoms in total. The van der Waals surface area contributed by atoms with E-state index in [1.165, 1.54) is 4.90 Å². The Hall–Kier alpha value is -1.01. The molecule has 1 fully saturated rings. The summed E-state index contributed by atoms with van der Waals surface area (Å²) in [6.07, 6.45) is 1.96. The summed E-state index contributed by atoms with van der Waals surface area (Å²) in [6.45, 7) is 4.67. The van der Waals surface area contributed by atoms with Gasteiger partial charge >= 0.3 is 0 Å². The molecule has 1 N–H and O–H groups in total. The first kappa shape index (κ1) is 16.4. The lowest BCUT2D eigenvalue weighted by Crippen LogP contribution is -2.39. The maximum Gasteiger partial charge on any atom is 0.259 e. The highest BCUT2D eigenvalue weighted by molar-refractivity contribution is 9.10. The number of piperidine rings is 1. The summed E-state index contributed by atoms with van der Waals surface area (Å²) in [4.78, 5) is 14.0. The first-order valence-corrected chi connectivity index (χ1v) is 7.96. The van der Waals surface area contributed by atoms with Gasteiger partial charge in [-0.25, -0.2) is 8.78 Å². The van der Waals surface area contributed by atoms with E-state index in [1.54, 1.807) is 0 Å². The van der Waals surface area contributed by atoms with Crippen LogP contribution in [-0.2, 0) is 0 Å². The summed E-state index contributed by atoms with van der Waals surface area (Å²) in [5.41, 5.74) is -0.464. The van der Waals surface area contributed by atoms with Crippen LogP contribution >= 0.6 is 15.9 Å². The third-order valence-electron chi connectivity index (χ3n) is 3.83. The highest BCUT2D eigenvalue weighted by atomic mass is 79.9. The van der Waals surface area contributed by atoms with Gasteiger partial charge in [0.05, 0.1) is 0 Å². The van der Waals surface area contributed by atoms with E-state index in [1.807, 2.05) is 6.92 Å². The van der Waals surface area contributed by atoms with Crippen LogP contribution in [0.15, 0.2) is 16.6 Å². The highest BCUT2D eigenvalue weighted by Crippen LogP contribution is 2.22.